The molecule has 0 radical (unpaired) electrons. The van der Waals surface area contributed by atoms with Crippen LogP contribution in [-0.4, -0.2) is 77.4 Å². The fourth-order valence-corrected chi connectivity index (χ4v) is 5.30. The van der Waals surface area contributed by atoms with E-state index in [0.29, 0.717) is 0 Å². The van der Waals surface area contributed by atoms with Crippen molar-refractivity contribution >= 4 is 52.2 Å². The number of aryl methyl sites for hydroxylation is 1. The van der Waals surface area contributed by atoms with E-state index in [9.17, 15) is 0 Å². The summed E-state index contributed by atoms with van der Waals surface area (Å²) in [7, 11) is 0. The molecule has 0 saturated carbocycles. The standard InChI is InChI=1S/C24H33ClN8.ClH/c1-3-19-22-23(30-29-19)27-16-28-24(22)33-12-10-32(11-13-33)21-15-18(25)14-20(17(21)2)26-6-9-31-7-4-5-8-31;/h14-16,26H,3-13H2,1-2H3,(H,27,28,29,30);1H. The highest BCUT2D eigenvalue weighted by molar-refractivity contribution is 6.31. The summed E-state index contributed by atoms with van der Waals surface area (Å²) in [6.07, 6.45) is 5.15. The van der Waals surface area contributed by atoms with Gasteiger partial charge in [0, 0.05) is 61.4 Å². The lowest BCUT2D eigenvalue weighted by Gasteiger charge is -2.38. The molecule has 0 bridgehead atoms. The lowest BCUT2D eigenvalue weighted by Crippen LogP contribution is -2.47. The van der Waals surface area contributed by atoms with Crippen molar-refractivity contribution in [2.24, 2.45) is 0 Å². The number of hydrogen-bond donors (Lipinski definition) is 2. The van der Waals surface area contributed by atoms with Gasteiger partial charge in [0.1, 0.15) is 12.1 Å². The summed E-state index contributed by atoms with van der Waals surface area (Å²) >= 11 is 6.54. The van der Waals surface area contributed by atoms with Crippen LogP contribution in [0.5, 0.6) is 0 Å². The monoisotopic (exact) mass is 504 g/mol. The number of benzene rings is 1. The number of halogens is 2. The van der Waals surface area contributed by atoms with Gasteiger partial charge in [0.2, 0.25) is 0 Å². The average molecular weight is 505 g/mol. The highest BCUT2D eigenvalue weighted by atomic mass is 35.5. The normalized spacial score (nSPS) is 16.8. The molecule has 34 heavy (non-hydrogen) atoms. The van der Waals surface area contributed by atoms with E-state index < -0.39 is 0 Å². The summed E-state index contributed by atoms with van der Waals surface area (Å²) < 4.78 is 0. The third-order valence-corrected chi connectivity index (χ3v) is 7.18. The minimum Gasteiger partial charge on any atom is -0.383 e. The molecule has 184 valence electrons. The molecular weight excluding hydrogens is 471 g/mol. The summed E-state index contributed by atoms with van der Waals surface area (Å²) in [6, 6.07) is 4.16. The third kappa shape index (κ3) is 5.04. The smallest absolute Gasteiger partial charge is 0.186 e. The number of nitrogens with one attached hydrogen (secondary N) is 2. The van der Waals surface area contributed by atoms with Gasteiger partial charge in [-0.2, -0.15) is 5.10 Å². The first kappa shape index (κ1) is 24.8. The number of nitrogens with zero attached hydrogens (tertiary/aromatic N) is 6. The van der Waals surface area contributed by atoms with Crippen molar-refractivity contribution in [3.05, 3.63) is 34.7 Å². The molecule has 8 nitrogen and oxygen atoms in total. The minimum absolute atomic E-state index is 0. The zero-order valence-corrected chi connectivity index (χ0v) is 21.6. The Balaban J connectivity index is 0.00000274. The van der Waals surface area contributed by atoms with E-state index in [0.717, 1.165) is 78.9 Å². The van der Waals surface area contributed by atoms with Crippen LogP contribution in [0.4, 0.5) is 17.2 Å². The highest BCUT2D eigenvalue weighted by Crippen LogP contribution is 2.33. The van der Waals surface area contributed by atoms with Gasteiger partial charge in [-0.3, -0.25) is 5.10 Å². The number of likely N-dealkylation sites (tertiary alicyclic amines) is 1. The van der Waals surface area contributed by atoms with E-state index in [1.165, 1.54) is 37.2 Å². The van der Waals surface area contributed by atoms with Crippen molar-refractivity contribution in [3.63, 3.8) is 0 Å². The van der Waals surface area contributed by atoms with Gasteiger partial charge in [0.05, 0.1) is 5.39 Å². The van der Waals surface area contributed by atoms with Gasteiger partial charge in [0.15, 0.2) is 5.65 Å². The van der Waals surface area contributed by atoms with Crippen LogP contribution < -0.4 is 15.1 Å². The van der Waals surface area contributed by atoms with Crippen molar-refractivity contribution in [1.82, 2.24) is 25.1 Å². The van der Waals surface area contributed by atoms with Gasteiger partial charge in [-0.05, 0) is 57.0 Å². The Labute approximate surface area is 212 Å². The maximum atomic E-state index is 6.54. The minimum atomic E-state index is 0. The largest absolute Gasteiger partial charge is 0.383 e. The number of fused-ring (bicyclic) bond motifs is 1. The van der Waals surface area contributed by atoms with Crippen LogP contribution in [0.1, 0.15) is 31.0 Å². The van der Waals surface area contributed by atoms with Crippen LogP contribution in [0.2, 0.25) is 5.02 Å². The first-order chi connectivity index (χ1) is 16.1. The lowest BCUT2D eigenvalue weighted by molar-refractivity contribution is 0.352. The molecule has 0 aliphatic carbocycles. The van der Waals surface area contributed by atoms with Crippen LogP contribution in [0, 0.1) is 6.92 Å². The molecule has 2 aromatic heterocycles. The second-order valence-electron chi connectivity index (χ2n) is 9.00. The van der Waals surface area contributed by atoms with Crippen LogP contribution in [-0.2, 0) is 6.42 Å². The van der Waals surface area contributed by atoms with Crippen molar-refractivity contribution in [3.8, 4) is 0 Å². The Hall–Kier alpha value is -2.29. The Bertz CT molecular complexity index is 1100. The van der Waals surface area contributed by atoms with E-state index in [1.54, 1.807) is 6.33 Å². The molecule has 0 atom stereocenters. The molecule has 0 amide bonds. The van der Waals surface area contributed by atoms with Crippen LogP contribution in [0.15, 0.2) is 18.5 Å². The van der Waals surface area contributed by atoms with E-state index in [1.807, 2.05) is 0 Å². The van der Waals surface area contributed by atoms with E-state index in [4.69, 9.17) is 11.6 Å². The number of aromatic nitrogens is 4. The predicted molar refractivity (Wildman–Crippen MR) is 143 cm³/mol. The Kier molecular flexibility index (Phi) is 8.01. The Morgan fingerprint density at radius 3 is 2.50 bits per heavy atom. The Morgan fingerprint density at radius 2 is 1.76 bits per heavy atom. The van der Waals surface area contributed by atoms with Crippen molar-refractivity contribution < 1.29 is 0 Å². The molecule has 2 fully saturated rings. The predicted octanol–water partition coefficient (Wildman–Crippen LogP) is 4.13. The zero-order valence-electron chi connectivity index (χ0n) is 20.0. The van der Waals surface area contributed by atoms with E-state index in [2.05, 4.69) is 66.2 Å². The van der Waals surface area contributed by atoms with Gasteiger partial charge >= 0.3 is 0 Å². The third-order valence-electron chi connectivity index (χ3n) is 6.97. The molecule has 5 rings (SSSR count). The number of hydrogen-bond acceptors (Lipinski definition) is 7. The summed E-state index contributed by atoms with van der Waals surface area (Å²) in [5.41, 5.74) is 5.47. The van der Waals surface area contributed by atoms with Crippen LogP contribution in [0.3, 0.4) is 0 Å². The molecule has 10 heteroatoms. The van der Waals surface area contributed by atoms with Crippen LogP contribution in [0.25, 0.3) is 11.0 Å². The molecule has 2 saturated heterocycles. The number of rotatable bonds is 7. The molecule has 2 aliphatic heterocycles. The summed E-state index contributed by atoms with van der Waals surface area (Å²) in [5, 5.41) is 12.9. The van der Waals surface area contributed by atoms with Crippen molar-refractivity contribution in [2.45, 2.75) is 33.1 Å². The van der Waals surface area contributed by atoms with Crippen LogP contribution >= 0.6 is 24.0 Å². The highest BCUT2D eigenvalue weighted by Gasteiger charge is 2.24. The molecule has 3 aromatic rings. The summed E-state index contributed by atoms with van der Waals surface area (Å²) in [6.45, 7) is 12.4. The average Bonchev–Trinajstić information content (AvgIpc) is 3.51. The summed E-state index contributed by atoms with van der Waals surface area (Å²) in [5.74, 6) is 0.984. The number of piperazine rings is 1. The maximum absolute atomic E-state index is 6.54. The quantitative estimate of drug-likeness (QED) is 0.500. The first-order valence-corrected chi connectivity index (χ1v) is 12.5. The molecule has 0 spiro atoms. The number of anilines is 3. The second kappa shape index (κ2) is 11.0. The van der Waals surface area contributed by atoms with Gasteiger partial charge in [0.25, 0.3) is 0 Å². The second-order valence-corrected chi connectivity index (χ2v) is 9.44. The van der Waals surface area contributed by atoms with Gasteiger partial charge in [-0.25, -0.2) is 9.97 Å². The molecule has 2 aliphatic rings. The number of aromatic amines is 1. The fourth-order valence-electron chi connectivity index (χ4n) is 5.08. The molecule has 0 unspecified atom stereocenters. The summed E-state index contributed by atoms with van der Waals surface area (Å²) in [4.78, 5) is 16.3. The lowest BCUT2D eigenvalue weighted by atomic mass is 10.1. The Morgan fingerprint density at radius 1 is 1.03 bits per heavy atom. The zero-order chi connectivity index (χ0) is 22.8. The SMILES string of the molecule is CCc1[nH]nc2ncnc(N3CCN(c4cc(Cl)cc(NCCN5CCCC5)c4C)CC3)c12.Cl. The maximum Gasteiger partial charge on any atom is 0.186 e. The first-order valence-electron chi connectivity index (χ1n) is 12.1. The van der Waals surface area contributed by atoms with Crippen molar-refractivity contribution in [1.29, 1.82) is 0 Å². The van der Waals surface area contributed by atoms with Gasteiger partial charge < -0.3 is 20.0 Å². The van der Waals surface area contributed by atoms with Gasteiger partial charge in [-0.1, -0.05) is 18.5 Å². The molecule has 4 heterocycles. The molecular formula is C24H34Cl2N8. The topological polar surface area (TPSA) is 76.2 Å². The fraction of sp³-hybridized carbons (Fsp3) is 0.542. The number of H-pyrrole nitrogens is 1. The van der Waals surface area contributed by atoms with E-state index >= 15 is 0 Å². The molecule has 1 aromatic carbocycles. The van der Waals surface area contributed by atoms with E-state index in [-0.39, 0.29) is 12.4 Å². The van der Waals surface area contributed by atoms with Gasteiger partial charge in [-0.15, -0.1) is 12.4 Å². The van der Waals surface area contributed by atoms with Crippen molar-refractivity contribution in [2.75, 3.05) is 67.5 Å². The molecule has 2 N–H and O–H groups in total.